The van der Waals surface area contributed by atoms with Crippen LogP contribution in [0.3, 0.4) is 0 Å². The third-order valence-corrected chi connectivity index (χ3v) is 7.66. The first-order chi connectivity index (χ1) is 24.6. The standard InChI is InChI=1S/C32H27F2N11O6/c1-50-31(48)19-14-21(33)17(12-25(19)36-29(46)23-6-8-27(39-38-23)44-11-10-35-16-44)4-3-5-18-13-26(20(15-22(18)34)32(49)51-2)37-30(47)24-7-9-28-40-42-43-45(28)41-24/h6-16,42-43H,3-5H2,1-2H3,(H,36,46)(H,37,47)/p+1. The number of methoxy groups -OCH3 is 2. The van der Waals surface area contributed by atoms with Gasteiger partial charge in [0.2, 0.25) is 5.84 Å². The molecule has 6 rings (SSSR count). The van der Waals surface area contributed by atoms with E-state index in [1.807, 2.05) is 0 Å². The zero-order valence-corrected chi connectivity index (χ0v) is 26.9. The minimum Gasteiger partial charge on any atom is -0.465 e. The number of nitrogens with two attached hydrogens (primary N) is 1. The number of carbonyl (C=O) groups is 4. The maximum atomic E-state index is 15.3. The van der Waals surface area contributed by atoms with E-state index in [1.165, 1.54) is 41.3 Å². The number of nitrogens with one attached hydrogen (secondary N) is 3. The van der Waals surface area contributed by atoms with E-state index in [-0.39, 0.29) is 64.3 Å². The molecule has 0 fully saturated rings. The molecular weight excluding hydrogens is 672 g/mol. The van der Waals surface area contributed by atoms with E-state index in [4.69, 9.17) is 9.47 Å². The molecule has 2 amide bonds. The SMILES string of the molecule is COC(=O)c1cc(F)c(CCCc2cc(NC(=O)c3ccc(-n4ccnc4)nn3)c(C(=O)OC)cc2F)cc1NC(=O)C1=NN2[NH2+]NN=C2C=C1. The largest absolute Gasteiger partial charge is 0.465 e. The molecular formula is C32H28F2N11O6+. The van der Waals surface area contributed by atoms with Crippen molar-refractivity contribution in [3.63, 3.8) is 0 Å². The van der Waals surface area contributed by atoms with Gasteiger partial charge in [0.25, 0.3) is 11.8 Å². The number of esters is 2. The molecule has 0 aliphatic carbocycles. The van der Waals surface area contributed by atoms with Crippen molar-refractivity contribution < 1.29 is 43.0 Å². The van der Waals surface area contributed by atoms with Crippen molar-refractivity contribution in [3.05, 3.63) is 107 Å². The molecule has 0 atom stereocenters. The van der Waals surface area contributed by atoms with Crippen molar-refractivity contribution in [1.29, 1.82) is 0 Å². The zero-order chi connectivity index (χ0) is 36.1. The van der Waals surface area contributed by atoms with Crippen LogP contribution in [0.4, 0.5) is 20.2 Å². The van der Waals surface area contributed by atoms with Gasteiger partial charge in [-0.2, -0.15) is 0 Å². The van der Waals surface area contributed by atoms with Crippen LogP contribution in [-0.2, 0) is 27.1 Å². The van der Waals surface area contributed by atoms with Crippen LogP contribution >= 0.6 is 0 Å². The third kappa shape index (κ3) is 7.42. The Balaban J connectivity index is 1.18. The number of carbonyl (C=O) groups excluding carboxylic acids is 4. The summed E-state index contributed by atoms with van der Waals surface area (Å²) in [6.45, 7) is 0. The Morgan fingerprint density at radius 3 is 2.08 bits per heavy atom. The number of halogens is 2. The van der Waals surface area contributed by atoms with Gasteiger partial charge in [0, 0.05) is 12.4 Å². The fraction of sp³-hybridized carbons (Fsp3) is 0.156. The van der Waals surface area contributed by atoms with Crippen LogP contribution in [0.2, 0.25) is 0 Å². The molecule has 2 aromatic carbocycles. The van der Waals surface area contributed by atoms with E-state index >= 15 is 8.78 Å². The first kappa shape index (κ1) is 34.0. The van der Waals surface area contributed by atoms with Crippen molar-refractivity contribution in [2.24, 2.45) is 10.2 Å². The Hall–Kier alpha value is -6.89. The van der Waals surface area contributed by atoms with Crippen LogP contribution in [0.15, 0.2) is 77.5 Å². The molecule has 2 aliphatic rings. The Bertz CT molecular complexity index is 2120. The van der Waals surface area contributed by atoms with Gasteiger partial charge in [0.05, 0.1) is 36.7 Å². The van der Waals surface area contributed by atoms with Crippen molar-refractivity contribution in [3.8, 4) is 5.82 Å². The van der Waals surface area contributed by atoms with E-state index in [9.17, 15) is 19.2 Å². The zero-order valence-electron chi connectivity index (χ0n) is 26.9. The van der Waals surface area contributed by atoms with Crippen molar-refractivity contribution in [1.82, 2.24) is 30.4 Å². The number of aryl methyl sites for hydroxylation is 2. The molecule has 19 heteroatoms. The summed E-state index contributed by atoms with van der Waals surface area (Å²) in [7, 11) is 2.23. The van der Waals surface area contributed by atoms with Crippen LogP contribution in [0, 0.1) is 11.6 Å². The molecule has 0 spiro atoms. The van der Waals surface area contributed by atoms with Gasteiger partial charge in [-0.1, -0.05) is 5.12 Å². The summed E-state index contributed by atoms with van der Waals surface area (Å²) >= 11 is 0. The second kappa shape index (κ2) is 14.7. The molecule has 51 heavy (non-hydrogen) atoms. The molecule has 2 aliphatic heterocycles. The van der Waals surface area contributed by atoms with E-state index in [1.54, 1.807) is 29.1 Å². The molecule has 17 nitrogen and oxygen atoms in total. The molecule has 0 saturated carbocycles. The van der Waals surface area contributed by atoms with E-state index in [0.29, 0.717) is 11.7 Å². The average Bonchev–Trinajstić information content (AvgIpc) is 3.86. The Morgan fingerprint density at radius 1 is 0.863 bits per heavy atom. The number of hydrogen-bond donors (Lipinski definition) is 4. The van der Waals surface area contributed by atoms with Crippen LogP contribution < -0.4 is 21.7 Å². The van der Waals surface area contributed by atoms with Crippen LogP contribution in [0.5, 0.6) is 0 Å². The highest BCUT2D eigenvalue weighted by molar-refractivity contribution is 6.48. The first-order valence-corrected chi connectivity index (χ1v) is 15.1. The summed E-state index contributed by atoms with van der Waals surface area (Å²) in [5.74, 6) is -3.81. The summed E-state index contributed by atoms with van der Waals surface area (Å²) in [4.78, 5) is 55.0. The maximum Gasteiger partial charge on any atom is 0.340 e. The summed E-state index contributed by atoms with van der Waals surface area (Å²) in [6.07, 6.45) is 7.97. The van der Waals surface area contributed by atoms with Crippen molar-refractivity contribution in [2.75, 3.05) is 24.9 Å². The monoisotopic (exact) mass is 700 g/mol. The number of quaternary nitrogens is 1. The van der Waals surface area contributed by atoms with Gasteiger partial charge in [0.1, 0.15) is 18.0 Å². The Labute approximate surface area is 287 Å². The van der Waals surface area contributed by atoms with Crippen LogP contribution in [0.25, 0.3) is 5.82 Å². The topological polar surface area (TPSA) is 211 Å². The molecule has 5 N–H and O–H groups in total. The molecule has 4 heterocycles. The van der Waals surface area contributed by atoms with E-state index < -0.39 is 35.4 Å². The number of anilines is 2. The predicted molar refractivity (Wildman–Crippen MR) is 174 cm³/mol. The quantitative estimate of drug-likeness (QED) is 0.130. The third-order valence-electron chi connectivity index (χ3n) is 7.66. The highest BCUT2D eigenvalue weighted by atomic mass is 19.1. The van der Waals surface area contributed by atoms with Crippen molar-refractivity contribution >= 4 is 46.7 Å². The van der Waals surface area contributed by atoms with Gasteiger partial charge in [-0.25, -0.2) is 23.4 Å². The lowest BCUT2D eigenvalue weighted by Gasteiger charge is -2.15. The van der Waals surface area contributed by atoms with E-state index in [0.717, 1.165) is 26.4 Å². The number of benzene rings is 2. The van der Waals surface area contributed by atoms with Crippen molar-refractivity contribution in [2.45, 2.75) is 19.3 Å². The molecule has 260 valence electrons. The van der Waals surface area contributed by atoms with Gasteiger partial charge in [-0.3, -0.25) is 14.2 Å². The molecule has 2 aromatic heterocycles. The summed E-state index contributed by atoms with van der Waals surface area (Å²) in [6, 6.07) is 7.44. The maximum absolute atomic E-state index is 15.3. The molecule has 0 saturated heterocycles. The number of amides is 2. The summed E-state index contributed by atoms with van der Waals surface area (Å²) in [5.41, 5.74) is 3.65. The minimum absolute atomic E-state index is 0.0112. The smallest absolute Gasteiger partial charge is 0.340 e. The Kier molecular flexibility index (Phi) is 9.80. The number of ether oxygens (including phenoxy) is 2. The average molecular weight is 701 g/mol. The minimum atomic E-state index is -0.891. The van der Waals surface area contributed by atoms with Gasteiger partial charge < -0.3 is 20.1 Å². The molecule has 4 aromatic rings. The lowest BCUT2D eigenvalue weighted by molar-refractivity contribution is -0.822. The molecule has 0 unspecified atom stereocenters. The highest BCUT2D eigenvalue weighted by Gasteiger charge is 2.26. The lowest BCUT2D eigenvalue weighted by Crippen LogP contribution is -2.96. The molecule has 0 bridgehead atoms. The number of aromatic nitrogens is 4. The number of rotatable bonds is 11. The number of imidazole rings is 1. The number of amidine groups is 1. The first-order valence-electron chi connectivity index (χ1n) is 15.1. The second-order valence-corrected chi connectivity index (χ2v) is 10.9. The van der Waals surface area contributed by atoms with Crippen LogP contribution in [-0.4, -0.2) is 74.4 Å². The molecule has 0 radical (unpaired) electrons. The lowest BCUT2D eigenvalue weighted by atomic mass is 9.99. The van der Waals surface area contributed by atoms with Gasteiger partial charge in [-0.15, -0.1) is 31.5 Å². The fourth-order valence-corrected chi connectivity index (χ4v) is 5.09. The van der Waals surface area contributed by atoms with Gasteiger partial charge in [0.15, 0.2) is 17.2 Å². The highest BCUT2D eigenvalue weighted by Crippen LogP contribution is 2.27. The number of hydrazone groups is 2. The predicted octanol–water partition coefficient (Wildman–Crippen LogP) is 1.42. The number of hydrogen-bond acceptors (Lipinski definition) is 13. The van der Waals surface area contributed by atoms with E-state index in [2.05, 4.69) is 41.6 Å². The van der Waals surface area contributed by atoms with Gasteiger partial charge >= 0.3 is 11.9 Å². The van der Waals surface area contributed by atoms with Gasteiger partial charge in [-0.05, 0) is 78.9 Å². The Morgan fingerprint density at radius 2 is 1.51 bits per heavy atom. The summed E-state index contributed by atoms with van der Waals surface area (Å²) in [5, 5.41) is 22.5. The normalized spacial score (nSPS) is 13.1. The fourth-order valence-electron chi connectivity index (χ4n) is 5.09. The second-order valence-electron chi connectivity index (χ2n) is 10.9. The number of nitrogens with zero attached hydrogens (tertiary/aromatic N) is 7. The summed E-state index contributed by atoms with van der Waals surface area (Å²) < 4.78 is 41.7. The number of fused-ring (bicyclic) bond motifs is 1. The van der Waals surface area contributed by atoms with Crippen LogP contribution in [0.1, 0.15) is 48.8 Å².